The molecule has 1 amide bonds. The van der Waals surface area contributed by atoms with Crippen molar-refractivity contribution >= 4 is 22.4 Å². The van der Waals surface area contributed by atoms with Crippen LogP contribution in [0.2, 0.25) is 0 Å². The van der Waals surface area contributed by atoms with Crippen molar-refractivity contribution in [3.8, 4) is 5.88 Å². The van der Waals surface area contributed by atoms with Crippen molar-refractivity contribution in [3.63, 3.8) is 0 Å². The van der Waals surface area contributed by atoms with E-state index in [1.165, 1.54) is 6.92 Å². The molecular formula is C12H11F2N3O2S. The lowest BCUT2D eigenvalue weighted by atomic mass is 10.1. The van der Waals surface area contributed by atoms with Gasteiger partial charge in [0.05, 0.1) is 0 Å². The van der Waals surface area contributed by atoms with Gasteiger partial charge in [-0.3, -0.25) is 4.79 Å². The first-order valence-electron chi connectivity index (χ1n) is 5.52. The number of benzene rings is 1. The van der Waals surface area contributed by atoms with Crippen LogP contribution in [-0.2, 0) is 6.61 Å². The maximum Gasteiger partial charge on any atom is 0.257 e. The zero-order valence-corrected chi connectivity index (χ0v) is 11.3. The molecule has 1 heterocycles. The van der Waals surface area contributed by atoms with Crippen molar-refractivity contribution in [1.82, 2.24) is 4.37 Å². The largest absolute Gasteiger partial charge is 0.471 e. The van der Waals surface area contributed by atoms with Crippen LogP contribution < -0.4 is 16.2 Å². The molecule has 5 nitrogen and oxygen atoms in total. The Hall–Kier alpha value is -2.22. The molecule has 2 rings (SSSR count). The monoisotopic (exact) mass is 299 g/mol. The lowest BCUT2D eigenvalue weighted by molar-refractivity contribution is 0.0996. The van der Waals surface area contributed by atoms with Crippen LogP contribution in [0.1, 0.15) is 21.5 Å². The van der Waals surface area contributed by atoms with Gasteiger partial charge in [-0.1, -0.05) is 0 Å². The van der Waals surface area contributed by atoms with E-state index in [4.69, 9.17) is 16.2 Å². The van der Waals surface area contributed by atoms with Gasteiger partial charge in [-0.15, -0.1) is 0 Å². The molecule has 106 valence electrons. The third-order valence-corrected chi connectivity index (χ3v) is 3.28. The van der Waals surface area contributed by atoms with E-state index in [-0.39, 0.29) is 34.2 Å². The summed E-state index contributed by atoms with van der Waals surface area (Å²) in [5.41, 5.74) is 10.8. The topological polar surface area (TPSA) is 91.2 Å². The van der Waals surface area contributed by atoms with Gasteiger partial charge in [-0.05, 0) is 36.2 Å². The maximum absolute atomic E-state index is 13.6. The fraction of sp³-hybridized carbons (Fsp3) is 0.167. The number of nitrogen functional groups attached to an aromatic ring is 1. The SMILES string of the molecule is Cc1cc(F)c(COc2nsc(N)c2C(N)=O)cc1F. The number of carbonyl (C=O) groups is 1. The number of rotatable bonds is 4. The highest BCUT2D eigenvalue weighted by molar-refractivity contribution is 7.10. The van der Waals surface area contributed by atoms with Gasteiger partial charge in [0.2, 0.25) is 5.88 Å². The number of ether oxygens (including phenoxy) is 1. The summed E-state index contributed by atoms with van der Waals surface area (Å²) in [5, 5.41) is 0.114. The number of nitrogens with zero attached hydrogens (tertiary/aromatic N) is 1. The summed E-state index contributed by atoms with van der Waals surface area (Å²) in [6.45, 7) is 1.17. The Labute approximate surface area is 117 Å². The molecule has 8 heteroatoms. The Balaban J connectivity index is 2.21. The molecule has 0 aliphatic heterocycles. The highest BCUT2D eigenvalue weighted by Crippen LogP contribution is 2.28. The Morgan fingerprint density at radius 2 is 2.10 bits per heavy atom. The minimum Gasteiger partial charge on any atom is -0.471 e. The van der Waals surface area contributed by atoms with Gasteiger partial charge >= 0.3 is 0 Å². The molecule has 0 atom stereocenters. The molecule has 4 N–H and O–H groups in total. The number of nitrogens with two attached hydrogens (primary N) is 2. The van der Waals surface area contributed by atoms with Crippen molar-refractivity contribution < 1.29 is 18.3 Å². The lowest BCUT2D eigenvalue weighted by Crippen LogP contribution is -2.14. The number of primary amides is 1. The maximum atomic E-state index is 13.6. The van der Waals surface area contributed by atoms with Crippen LogP contribution in [0.5, 0.6) is 5.88 Å². The summed E-state index contributed by atoms with van der Waals surface area (Å²) >= 11 is 0.838. The molecule has 0 aliphatic rings. The Bertz CT molecular complexity index is 673. The van der Waals surface area contributed by atoms with E-state index < -0.39 is 17.5 Å². The van der Waals surface area contributed by atoms with Crippen LogP contribution in [0, 0.1) is 18.6 Å². The third kappa shape index (κ3) is 2.69. The van der Waals surface area contributed by atoms with E-state index in [0.717, 1.165) is 23.7 Å². The molecular weight excluding hydrogens is 288 g/mol. The molecule has 0 saturated heterocycles. The molecule has 0 aliphatic carbocycles. The van der Waals surface area contributed by atoms with Crippen molar-refractivity contribution in [3.05, 3.63) is 40.5 Å². The molecule has 1 aromatic heterocycles. The second-order valence-electron chi connectivity index (χ2n) is 4.07. The predicted molar refractivity (Wildman–Crippen MR) is 70.5 cm³/mol. The highest BCUT2D eigenvalue weighted by Gasteiger charge is 2.19. The normalized spacial score (nSPS) is 10.6. The van der Waals surface area contributed by atoms with E-state index in [1.54, 1.807) is 0 Å². The van der Waals surface area contributed by atoms with Crippen LogP contribution in [0.3, 0.4) is 0 Å². The summed E-state index contributed by atoms with van der Waals surface area (Å²) in [4.78, 5) is 11.2. The van der Waals surface area contributed by atoms with Gasteiger partial charge in [0, 0.05) is 5.56 Å². The van der Waals surface area contributed by atoms with Gasteiger partial charge in [-0.2, -0.15) is 4.37 Å². The number of aryl methyl sites for hydroxylation is 1. The number of aromatic nitrogens is 1. The molecule has 0 spiro atoms. The number of carbonyl (C=O) groups excluding carboxylic acids is 1. The number of anilines is 1. The highest BCUT2D eigenvalue weighted by atomic mass is 32.1. The van der Waals surface area contributed by atoms with Gasteiger partial charge in [-0.25, -0.2) is 8.78 Å². The fourth-order valence-corrected chi connectivity index (χ4v) is 2.16. The second kappa shape index (κ2) is 5.41. The van der Waals surface area contributed by atoms with Crippen LogP contribution in [0.15, 0.2) is 12.1 Å². The molecule has 0 fully saturated rings. The smallest absolute Gasteiger partial charge is 0.257 e. The minimum atomic E-state index is -0.790. The summed E-state index contributed by atoms with van der Waals surface area (Å²) in [6, 6.07) is 2.10. The standard InChI is InChI=1S/C12H11F2N3O2S/c1-5-2-8(14)6(3-7(5)13)4-19-12-9(10(15)18)11(16)20-17-12/h2-3H,4,16H2,1H3,(H2,15,18). The second-order valence-corrected chi connectivity index (χ2v) is 4.88. The zero-order chi connectivity index (χ0) is 14.9. The Morgan fingerprint density at radius 3 is 2.75 bits per heavy atom. The van der Waals surface area contributed by atoms with E-state index in [9.17, 15) is 13.6 Å². The molecule has 0 radical (unpaired) electrons. The molecule has 1 aromatic carbocycles. The van der Waals surface area contributed by atoms with Crippen LogP contribution in [0.4, 0.5) is 13.8 Å². The average Bonchev–Trinajstić information content (AvgIpc) is 2.73. The number of halogens is 2. The molecule has 0 bridgehead atoms. The summed E-state index contributed by atoms with van der Waals surface area (Å²) < 4.78 is 36.0. The predicted octanol–water partition coefficient (Wildman–Crippen LogP) is 1.99. The van der Waals surface area contributed by atoms with Crippen molar-refractivity contribution in [2.75, 3.05) is 5.73 Å². The van der Waals surface area contributed by atoms with E-state index in [2.05, 4.69) is 4.37 Å². The first-order valence-corrected chi connectivity index (χ1v) is 6.29. The van der Waals surface area contributed by atoms with Crippen LogP contribution in [0.25, 0.3) is 0 Å². The fourth-order valence-electron chi connectivity index (χ4n) is 1.56. The van der Waals surface area contributed by atoms with E-state index >= 15 is 0 Å². The first-order chi connectivity index (χ1) is 9.40. The molecule has 0 saturated carbocycles. The molecule has 20 heavy (non-hydrogen) atoms. The minimum absolute atomic E-state index is 0.00934. The zero-order valence-electron chi connectivity index (χ0n) is 10.4. The van der Waals surface area contributed by atoms with Crippen molar-refractivity contribution in [2.45, 2.75) is 13.5 Å². The van der Waals surface area contributed by atoms with E-state index in [1.807, 2.05) is 0 Å². The lowest BCUT2D eigenvalue weighted by Gasteiger charge is -2.07. The van der Waals surface area contributed by atoms with Crippen LogP contribution in [-0.4, -0.2) is 10.3 Å². The quantitative estimate of drug-likeness (QED) is 0.903. The van der Waals surface area contributed by atoms with Crippen LogP contribution >= 0.6 is 11.5 Å². The first kappa shape index (κ1) is 14.2. The van der Waals surface area contributed by atoms with Crippen molar-refractivity contribution in [1.29, 1.82) is 0 Å². The number of amides is 1. The van der Waals surface area contributed by atoms with Gasteiger partial charge in [0.15, 0.2) is 0 Å². The van der Waals surface area contributed by atoms with Gasteiger partial charge in [0.1, 0.15) is 28.8 Å². The molecule has 0 unspecified atom stereocenters. The summed E-state index contributed by atoms with van der Waals surface area (Å²) in [7, 11) is 0. The van der Waals surface area contributed by atoms with Crippen molar-refractivity contribution in [2.24, 2.45) is 5.73 Å². The van der Waals surface area contributed by atoms with Gasteiger partial charge < -0.3 is 16.2 Å². The average molecular weight is 299 g/mol. The number of hydrogen-bond donors (Lipinski definition) is 2. The summed E-state index contributed by atoms with van der Waals surface area (Å²) in [5.74, 6) is -2.02. The Morgan fingerprint density at radius 1 is 1.40 bits per heavy atom. The third-order valence-electron chi connectivity index (χ3n) is 2.63. The van der Waals surface area contributed by atoms with Gasteiger partial charge in [0.25, 0.3) is 5.91 Å². The molecule has 2 aromatic rings. The Kier molecular flexibility index (Phi) is 3.84. The number of hydrogen-bond acceptors (Lipinski definition) is 5. The van der Waals surface area contributed by atoms with E-state index in [0.29, 0.717) is 0 Å². The summed E-state index contributed by atoms with van der Waals surface area (Å²) in [6.07, 6.45) is 0.